The molecule has 0 aromatic carbocycles. The van der Waals surface area contributed by atoms with Gasteiger partial charge in [-0.3, -0.25) is 0 Å². The molecule has 0 spiro atoms. The van der Waals surface area contributed by atoms with E-state index < -0.39 is 0 Å². The van der Waals surface area contributed by atoms with Gasteiger partial charge in [0, 0.05) is 12.4 Å². The summed E-state index contributed by atoms with van der Waals surface area (Å²) in [5, 5.41) is 0. The van der Waals surface area contributed by atoms with E-state index in [2.05, 4.69) is 54.6 Å². The third-order valence-electron chi connectivity index (χ3n) is 2.61. The van der Waals surface area contributed by atoms with Gasteiger partial charge in [-0.25, -0.2) is 0 Å². The zero-order chi connectivity index (χ0) is 10.1. The van der Waals surface area contributed by atoms with Gasteiger partial charge in [0.05, 0.1) is 11.1 Å². The summed E-state index contributed by atoms with van der Waals surface area (Å²) < 4.78 is 2.13. The molecule has 0 unspecified atom stereocenters. The summed E-state index contributed by atoms with van der Waals surface area (Å²) >= 11 is 0. The van der Waals surface area contributed by atoms with Gasteiger partial charge in [-0.05, 0) is 44.0 Å². The van der Waals surface area contributed by atoms with Gasteiger partial charge in [0.2, 0.25) is 0 Å². The molecule has 0 saturated heterocycles. The van der Waals surface area contributed by atoms with Gasteiger partial charge in [-0.2, -0.15) is 0 Å². The zero-order valence-corrected chi connectivity index (χ0v) is 8.76. The minimum absolute atomic E-state index is 1.12. The second-order valence-electron chi connectivity index (χ2n) is 3.48. The third-order valence-corrected chi connectivity index (χ3v) is 2.61. The van der Waals surface area contributed by atoms with Gasteiger partial charge in [0.1, 0.15) is 0 Å². The molecule has 0 amide bonds. The van der Waals surface area contributed by atoms with Gasteiger partial charge in [-0.1, -0.05) is 5.92 Å². The van der Waals surface area contributed by atoms with E-state index in [1.165, 1.54) is 16.6 Å². The van der Waals surface area contributed by atoms with E-state index in [0.29, 0.717) is 0 Å². The topological polar surface area (TPSA) is 4.41 Å². The lowest BCUT2D eigenvalue weighted by Gasteiger charge is -2.03. The van der Waals surface area contributed by atoms with Gasteiger partial charge >= 0.3 is 0 Å². The van der Waals surface area contributed by atoms with Crippen LogP contribution in [0.25, 0.3) is 5.52 Å². The molecule has 14 heavy (non-hydrogen) atoms. The molecule has 0 aliphatic carbocycles. The number of aryl methyl sites for hydroxylation is 2. The first-order chi connectivity index (χ1) is 6.74. The molecule has 0 aliphatic heterocycles. The van der Waals surface area contributed by atoms with E-state index >= 15 is 0 Å². The fourth-order valence-electron chi connectivity index (χ4n) is 1.71. The number of aromatic nitrogens is 1. The fraction of sp³-hybridized carbons (Fsp3) is 0.231. The summed E-state index contributed by atoms with van der Waals surface area (Å²) in [7, 11) is 0. The van der Waals surface area contributed by atoms with Crippen molar-refractivity contribution in [2.75, 3.05) is 0 Å². The van der Waals surface area contributed by atoms with Crippen molar-refractivity contribution in [1.82, 2.24) is 4.40 Å². The van der Waals surface area contributed by atoms with Crippen LogP contribution in [0, 0.1) is 25.7 Å². The number of pyridine rings is 1. The van der Waals surface area contributed by atoms with E-state index in [1.807, 2.05) is 6.92 Å². The molecule has 0 atom stereocenters. The highest BCUT2D eigenvalue weighted by Gasteiger charge is 2.04. The van der Waals surface area contributed by atoms with Crippen molar-refractivity contribution < 1.29 is 0 Å². The van der Waals surface area contributed by atoms with Gasteiger partial charge in [0.15, 0.2) is 0 Å². The van der Waals surface area contributed by atoms with Crippen LogP contribution in [0.4, 0.5) is 0 Å². The zero-order valence-electron chi connectivity index (χ0n) is 8.76. The predicted octanol–water partition coefficient (Wildman–Crippen LogP) is 2.93. The van der Waals surface area contributed by atoms with Crippen molar-refractivity contribution in [2.24, 2.45) is 0 Å². The van der Waals surface area contributed by atoms with Gasteiger partial charge < -0.3 is 4.40 Å². The molecule has 2 aromatic rings. The quantitative estimate of drug-likeness (QED) is 0.553. The van der Waals surface area contributed by atoms with Crippen LogP contribution >= 0.6 is 0 Å². The van der Waals surface area contributed by atoms with E-state index in [0.717, 1.165) is 5.56 Å². The minimum atomic E-state index is 1.12. The molecule has 1 nitrogen and oxygen atoms in total. The smallest absolute Gasteiger partial charge is 0.0639 e. The standard InChI is InChI=1S/C13H13N/c1-4-5-12-7-9-14-8-6-10(2)11(3)13(12)14/h6-9H,1-3H3. The molecule has 2 aromatic heterocycles. The summed E-state index contributed by atoms with van der Waals surface area (Å²) in [4.78, 5) is 0. The molecule has 1 heteroatoms. The molecular formula is C13H13N. The highest BCUT2D eigenvalue weighted by molar-refractivity contribution is 5.68. The van der Waals surface area contributed by atoms with Crippen LogP contribution in [0.2, 0.25) is 0 Å². The molecule has 0 aliphatic rings. The predicted molar refractivity (Wildman–Crippen MR) is 59.4 cm³/mol. The van der Waals surface area contributed by atoms with Crippen LogP contribution in [0.15, 0.2) is 24.5 Å². The number of rotatable bonds is 0. The van der Waals surface area contributed by atoms with Crippen LogP contribution in [-0.2, 0) is 0 Å². The maximum atomic E-state index is 3.13. The monoisotopic (exact) mass is 183 g/mol. The molecule has 0 fully saturated rings. The van der Waals surface area contributed by atoms with Crippen molar-refractivity contribution in [3.8, 4) is 11.8 Å². The molecule has 0 saturated carbocycles. The Hall–Kier alpha value is -1.68. The van der Waals surface area contributed by atoms with Gasteiger partial charge in [-0.15, -0.1) is 5.92 Å². The summed E-state index contributed by atoms with van der Waals surface area (Å²) in [6, 6.07) is 4.20. The molecule has 0 radical (unpaired) electrons. The Morgan fingerprint density at radius 1 is 1.14 bits per heavy atom. The minimum Gasteiger partial charge on any atom is -0.322 e. The summed E-state index contributed by atoms with van der Waals surface area (Å²) in [6.07, 6.45) is 4.14. The van der Waals surface area contributed by atoms with Crippen molar-refractivity contribution in [3.05, 3.63) is 41.2 Å². The fourth-order valence-corrected chi connectivity index (χ4v) is 1.71. The van der Waals surface area contributed by atoms with Gasteiger partial charge in [0.25, 0.3) is 0 Å². The lowest BCUT2D eigenvalue weighted by Crippen LogP contribution is -1.89. The van der Waals surface area contributed by atoms with Crippen LogP contribution < -0.4 is 0 Å². The maximum absolute atomic E-state index is 3.13. The molecular weight excluding hydrogens is 170 g/mol. The first-order valence-corrected chi connectivity index (χ1v) is 4.73. The molecule has 70 valence electrons. The first kappa shape index (κ1) is 8.90. The third kappa shape index (κ3) is 1.20. The van der Waals surface area contributed by atoms with Crippen molar-refractivity contribution in [1.29, 1.82) is 0 Å². The Labute approximate surface area is 84.4 Å². The Balaban J connectivity index is 2.86. The Morgan fingerprint density at radius 2 is 1.86 bits per heavy atom. The second kappa shape index (κ2) is 3.23. The Bertz CT molecular complexity index is 535. The molecule has 2 rings (SSSR count). The summed E-state index contributed by atoms with van der Waals surface area (Å²) in [5.41, 5.74) is 4.98. The molecule has 0 N–H and O–H groups in total. The van der Waals surface area contributed by atoms with E-state index in [9.17, 15) is 0 Å². The van der Waals surface area contributed by atoms with E-state index in [1.54, 1.807) is 0 Å². The maximum Gasteiger partial charge on any atom is 0.0639 e. The van der Waals surface area contributed by atoms with E-state index in [-0.39, 0.29) is 0 Å². The Kier molecular flexibility index (Phi) is 2.05. The highest BCUT2D eigenvalue weighted by Crippen LogP contribution is 2.19. The molecule has 2 heterocycles. The number of hydrogen-bond donors (Lipinski definition) is 0. The SMILES string of the molecule is CC#Cc1ccn2ccc(C)c(C)c12. The highest BCUT2D eigenvalue weighted by atomic mass is 14.9. The first-order valence-electron chi connectivity index (χ1n) is 4.73. The lowest BCUT2D eigenvalue weighted by atomic mass is 10.1. The van der Waals surface area contributed by atoms with E-state index in [4.69, 9.17) is 0 Å². The molecule has 0 bridgehead atoms. The van der Waals surface area contributed by atoms with Crippen LogP contribution in [-0.4, -0.2) is 4.40 Å². The lowest BCUT2D eigenvalue weighted by molar-refractivity contribution is 1.16. The number of fused-ring (bicyclic) bond motifs is 1. The average molecular weight is 183 g/mol. The summed E-state index contributed by atoms with van der Waals surface area (Å²) in [6.45, 7) is 6.14. The normalized spacial score (nSPS) is 9.93. The van der Waals surface area contributed by atoms with Crippen molar-refractivity contribution in [2.45, 2.75) is 20.8 Å². The number of nitrogens with zero attached hydrogens (tertiary/aromatic N) is 1. The summed E-state index contributed by atoms with van der Waals surface area (Å²) in [5.74, 6) is 6.07. The van der Waals surface area contributed by atoms with Crippen LogP contribution in [0.1, 0.15) is 23.6 Å². The Morgan fingerprint density at radius 3 is 2.57 bits per heavy atom. The van der Waals surface area contributed by atoms with Crippen LogP contribution in [0.5, 0.6) is 0 Å². The average Bonchev–Trinajstić information content (AvgIpc) is 2.57. The van der Waals surface area contributed by atoms with Crippen LogP contribution in [0.3, 0.4) is 0 Å². The number of hydrogen-bond acceptors (Lipinski definition) is 0. The van der Waals surface area contributed by atoms with Crippen molar-refractivity contribution in [3.63, 3.8) is 0 Å². The second-order valence-corrected chi connectivity index (χ2v) is 3.48. The largest absolute Gasteiger partial charge is 0.322 e. The van der Waals surface area contributed by atoms with Crippen molar-refractivity contribution >= 4 is 5.52 Å².